The molecule has 1 rings (SSSR count). The molecule has 2 N–H and O–H groups in total. The smallest absolute Gasteiger partial charge is 0.305 e. The summed E-state index contributed by atoms with van der Waals surface area (Å²) in [5.74, 6) is -0.475. The predicted octanol–water partition coefficient (Wildman–Crippen LogP) is 1.66. The Morgan fingerprint density at radius 2 is 1.83 bits per heavy atom. The summed E-state index contributed by atoms with van der Waals surface area (Å²) in [5.41, 5.74) is 1.19. The minimum atomic E-state index is -0.860. The molecule has 0 unspecified atom stereocenters. The largest absolute Gasteiger partial charge is 0.481 e. The number of hydrogen-bond donors (Lipinski definition) is 2. The third-order valence-electron chi connectivity index (χ3n) is 2.55. The number of nitrogens with zero attached hydrogens (tertiary/aromatic N) is 3. The van der Waals surface area contributed by atoms with Gasteiger partial charge in [0.05, 0.1) is 17.8 Å². The van der Waals surface area contributed by atoms with E-state index >= 15 is 0 Å². The maximum Gasteiger partial charge on any atom is 0.305 e. The summed E-state index contributed by atoms with van der Waals surface area (Å²) in [5, 5.41) is 19.9. The molecule has 6 heteroatoms. The second kappa shape index (κ2) is 5.75. The monoisotopic (exact) mass is 252 g/mol. The molecular formula is C12H20N4O2. The van der Waals surface area contributed by atoms with Gasteiger partial charge in [0.25, 0.3) is 0 Å². The molecule has 0 fully saturated rings. The molecular weight excluding hydrogens is 232 g/mol. The Labute approximate surface area is 107 Å². The van der Waals surface area contributed by atoms with E-state index in [9.17, 15) is 4.79 Å². The van der Waals surface area contributed by atoms with Crippen molar-refractivity contribution < 1.29 is 9.90 Å². The van der Waals surface area contributed by atoms with Gasteiger partial charge < -0.3 is 10.4 Å². The van der Waals surface area contributed by atoms with Crippen LogP contribution in [0.15, 0.2) is 0 Å². The number of carbonyl (C=O) groups is 1. The van der Waals surface area contributed by atoms with Crippen LogP contribution < -0.4 is 5.32 Å². The SMILES string of the molecule is CCc1nnc(NC(C)(C)CC(=O)O)nc1CC. The van der Waals surface area contributed by atoms with E-state index in [4.69, 9.17) is 5.11 Å². The topological polar surface area (TPSA) is 88.0 Å². The molecule has 6 nitrogen and oxygen atoms in total. The molecule has 0 amide bonds. The number of rotatable bonds is 6. The molecule has 0 saturated heterocycles. The van der Waals surface area contributed by atoms with E-state index in [1.807, 2.05) is 13.8 Å². The highest BCUT2D eigenvalue weighted by atomic mass is 16.4. The van der Waals surface area contributed by atoms with Crippen LogP contribution in [-0.4, -0.2) is 31.8 Å². The first-order chi connectivity index (χ1) is 8.38. The molecule has 0 spiro atoms. The quantitative estimate of drug-likeness (QED) is 0.800. The van der Waals surface area contributed by atoms with Gasteiger partial charge in [0, 0.05) is 5.54 Å². The van der Waals surface area contributed by atoms with Gasteiger partial charge in [0.1, 0.15) is 0 Å². The molecule has 0 bridgehead atoms. The van der Waals surface area contributed by atoms with Gasteiger partial charge in [-0.05, 0) is 26.7 Å². The molecule has 1 aromatic heterocycles. The highest BCUT2D eigenvalue weighted by Gasteiger charge is 2.23. The molecule has 0 aliphatic heterocycles. The average molecular weight is 252 g/mol. The van der Waals surface area contributed by atoms with E-state index in [0.717, 1.165) is 24.2 Å². The van der Waals surface area contributed by atoms with Gasteiger partial charge in [-0.1, -0.05) is 13.8 Å². The Morgan fingerprint density at radius 1 is 1.22 bits per heavy atom. The summed E-state index contributed by atoms with van der Waals surface area (Å²) in [6, 6.07) is 0. The zero-order valence-corrected chi connectivity index (χ0v) is 11.3. The van der Waals surface area contributed by atoms with Gasteiger partial charge in [-0.25, -0.2) is 4.98 Å². The Hall–Kier alpha value is -1.72. The second-order valence-corrected chi connectivity index (χ2v) is 4.82. The van der Waals surface area contributed by atoms with Crippen molar-refractivity contribution in [2.45, 2.75) is 52.5 Å². The molecule has 1 aromatic rings. The maximum atomic E-state index is 10.7. The van der Waals surface area contributed by atoms with Gasteiger partial charge in [-0.2, -0.15) is 5.10 Å². The molecule has 0 saturated carbocycles. The van der Waals surface area contributed by atoms with Crippen molar-refractivity contribution in [2.24, 2.45) is 0 Å². The molecule has 0 atom stereocenters. The summed E-state index contributed by atoms with van der Waals surface area (Å²) in [4.78, 5) is 15.1. The predicted molar refractivity (Wildman–Crippen MR) is 68.5 cm³/mol. The molecule has 0 aliphatic rings. The first-order valence-electron chi connectivity index (χ1n) is 6.10. The van der Waals surface area contributed by atoms with Gasteiger partial charge >= 0.3 is 5.97 Å². The number of carboxylic acids is 1. The van der Waals surface area contributed by atoms with E-state index < -0.39 is 11.5 Å². The second-order valence-electron chi connectivity index (χ2n) is 4.82. The van der Waals surface area contributed by atoms with Crippen molar-refractivity contribution in [3.05, 3.63) is 11.4 Å². The van der Waals surface area contributed by atoms with E-state index in [1.165, 1.54) is 0 Å². The summed E-state index contributed by atoms with van der Waals surface area (Å²) < 4.78 is 0. The van der Waals surface area contributed by atoms with Crippen molar-refractivity contribution >= 4 is 11.9 Å². The maximum absolute atomic E-state index is 10.7. The third-order valence-corrected chi connectivity index (χ3v) is 2.55. The minimum absolute atomic E-state index is 0.00660. The summed E-state index contributed by atoms with van der Waals surface area (Å²) in [7, 11) is 0. The number of aromatic nitrogens is 3. The zero-order chi connectivity index (χ0) is 13.8. The summed E-state index contributed by atoms with van der Waals surface area (Å²) in [6.45, 7) is 7.61. The lowest BCUT2D eigenvalue weighted by Gasteiger charge is -2.24. The molecule has 100 valence electrons. The fraction of sp³-hybridized carbons (Fsp3) is 0.667. The van der Waals surface area contributed by atoms with Crippen LogP contribution in [0, 0.1) is 0 Å². The van der Waals surface area contributed by atoms with Crippen molar-refractivity contribution in [3.63, 3.8) is 0 Å². The number of aliphatic carboxylic acids is 1. The first-order valence-corrected chi connectivity index (χ1v) is 6.10. The van der Waals surface area contributed by atoms with Crippen LogP contribution in [0.4, 0.5) is 5.95 Å². The van der Waals surface area contributed by atoms with E-state index in [-0.39, 0.29) is 6.42 Å². The molecule has 0 radical (unpaired) electrons. The van der Waals surface area contributed by atoms with Crippen LogP contribution in [0.25, 0.3) is 0 Å². The molecule has 0 aromatic carbocycles. The number of carboxylic acid groups (broad SMARTS) is 1. The van der Waals surface area contributed by atoms with Gasteiger partial charge in [-0.15, -0.1) is 5.10 Å². The highest BCUT2D eigenvalue weighted by Crippen LogP contribution is 2.15. The lowest BCUT2D eigenvalue weighted by atomic mass is 10.0. The summed E-state index contributed by atoms with van der Waals surface area (Å²) >= 11 is 0. The summed E-state index contributed by atoms with van der Waals surface area (Å²) in [6.07, 6.45) is 1.57. The number of aryl methyl sites for hydroxylation is 2. The van der Waals surface area contributed by atoms with Crippen LogP contribution in [0.1, 0.15) is 45.5 Å². The van der Waals surface area contributed by atoms with Gasteiger partial charge in [0.15, 0.2) is 0 Å². The van der Waals surface area contributed by atoms with Crippen molar-refractivity contribution in [2.75, 3.05) is 5.32 Å². The lowest BCUT2D eigenvalue weighted by molar-refractivity contribution is -0.137. The Kier molecular flexibility index (Phi) is 4.58. The van der Waals surface area contributed by atoms with Crippen molar-refractivity contribution in [3.8, 4) is 0 Å². The normalized spacial score (nSPS) is 11.3. The van der Waals surface area contributed by atoms with Crippen LogP contribution in [0.5, 0.6) is 0 Å². The number of hydrogen-bond acceptors (Lipinski definition) is 5. The van der Waals surface area contributed by atoms with Crippen LogP contribution in [-0.2, 0) is 17.6 Å². The highest BCUT2D eigenvalue weighted by molar-refractivity contribution is 5.68. The fourth-order valence-corrected chi connectivity index (χ4v) is 1.72. The molecule has 0 aliphatic carbocycles. The van der Waals surface area contributed by atoms with Crippen LogP contribution in [0.2, 0.25) is 0 Å². The van der Waals surface area contributed by atoms with Gasteiger partial charge in [-0.3, -0.25) is 4.79 Å². The van der Waals surface area contributed by atoms with E-state index in [2.05, 4.69) is 20.5 Å². The van der Waals surface area contributed by atoms with Crippen LogP contribution in [0.3, 0.4) is 0 Å². The number of nitrogens with one attached hydrogen (secondary N) is 1. The van der Waals surface area contributed by atoms with E-state index in [0.29, 0.717) is 5.95 Å². The van der Waals surface area contributed by atoms with Crippen molar-refractivity contribution in [1.29, 1.82) is 0 Å². The van der Waals surface area contributed by atoms with Gasteiger partial charge in [0.2, 0.25) is 5.95 Å². The Bertz CT molecular complexity index is 432. The third kappa shape index (κ3) is 3.94. The molecule has 18 heavy (non-hydrogen) atoms. The minimum Gasteiger partial charge on any atom is -0.481 e. The fourth-order valence-electron chi connectivity index (χ4n) is 1.72. The average Bonchev–Trinajstić information content (AvgIpc) is 2.26. The Balaban J connectivity index is 2.88. The standard InChI is InChI=1S/C12H20N4O2/c1-5-8-9(6-2)15-16-11(13-8)14-12(3,4)7-10(17)18/h5-7H2,1-4H3,(H,17,18)(H,13,14,16). The number of anilines is 1. The molecule has 1 heterocycles. The zero-order valence-electron chi connectivity index (χ0n) is 11.3. The lowest BCUT2D eigenvalue weighted by Crippen LogP contribution is -2.34. The van der Waals surface area contributed by atoms with Crippen molar-refractivity contribution in [1.82, 2.24) is 15.2 Å². The Morgan fingerprint density at radius 3 is 2.33 bits per heavy atom. The van der Waals surface area contributed by atoms with E-state index in [1.54, 1.807) is 13.8 Å². The first kappa shape index (κ1) is 14.3. The van der Waals surface area contributed by atoms with Crippen LogP contribution >= 0.6 is 0 Å².